The fraction of sp³-hybridized carbons (Fsp3) is 0.796. The lowest BCUT2D eigenvalue weighted by Crippen LogP contribution is -2.60. The van der Waals surface area contributed by atoms with Crippen molar-refractivity contribution in [3.05, 3.63) is 48.6 Å². The molecular weight excluding hydrogens is 813 g/mol. The number of aliphatic hydroxyl groups excluding tert-OH is 3. The van der Waals surface area contributed by atoms with Gasteiger partial charge in [0, 0.05) is 12.8 Å². The SMILES string of the molecule is CCCCC/C=C/C/C=C/CCCCCCCCCCCC(=O)OC[C@H](CO[C@H]1O[C@H](CS(=O)(=O)O)[C@@H](O)C(O)C1O)OC(=O)CCCC/C=C/C/C=C/CCCCCCCC. The Bertz CT molecular complexity index is 1330. The number of unbranched alkanes of at least 4 members (excludes halogenated alkanes) is 20. The van der Waals surface area contributed by atoms with Gasteiger partial charge in [0.25, 0.3) is 10.1 Å². The molecule has 13 heteroatoms. The highest BCUT2D eigenvalue weighted by Gasteiger charge is 2.46. The van der Waals surface area contributed by atoms with Gasteiger partial charge < -0.3 is 34.3 Å². The summed E-state index contributed by atoms with van der Waals surface area (Å²) >= 11 is 0. The number of allylic oxidation sites excluding steroid dienone is 8. The first-order chi connectivity index (χ1) is 30.0. The van der Waals surface area contributed by atoms with Crippen molar-refractivity contribution >= 4 is 22.1 Å². The summed E-state index contributed by atoms with van der Waals surface area (Å²) in [5.41, 5.74) is 0. The molecule has 0 amide bonds. The van der Waals surface area contributed by atoms with E-state index in [2.05, 4.69) is 62.5 Å². The number of esters is 2. The van der Waals surface area contributed by atoms with Gasteiger partial charge in [-0.25, -0.2) is 0 Å². The lowest BCUT2D eigenvalue weighted by molar-refractivity contribution is -0.297. The summed E-state index contributed by atoms with van der Waals surface area (Å²) in [6.45, 7) is 3.70. The minimum atomic E-state index is -4.61. The first-order valence-corrected chi connectivity index (χ1v) is 25.8. The molecule has 1 fully saturated rings. The van der Waals surface area contributed by atoms with Crippen LogP contribution in [-0.4, -0.2) is 96.0 Å². The van der Waals surface area contributed by atoms with E-state index in [1.807, 2.05) is 0 Å². The average Bonchev–Trinajstić information content (AvgIpc) is 3.24. The molecule has 0 aromatic carbocycles. The summed E-state index contributed by atoms with van der Waals surface area (Å²) in [6, 6.07) is 0. The Labute approximate surface area is 375 Å². The van der Waals surface area contributed by atoms with E-state index >= 15 is 0 Å². The van der Waals surface area contributed by atoms with Gasteiger partial charge in [0.05, 0.1) is 6.61 Å². The van der Waals surface area contributed by atoms with Crippen LogP contribution in [0.3, 0.4) is 0 Å². The van der Waals surface area contributed by atoms with Crippen molar-refractivity contribution < 1.29 is 56.8 Å². The highest BCUT2D eigenvalue weighted by molar-refractivity contribution is 7.85. The molecule has 0 saturated carbocycles. The Morgan fingerprint density at radius 2 is 0.968 bits per heavy atom. The largest absolute Gasteiger partial charge is 0.462 e. The predicted molar refractivity (Wildman–Crippen MR) is 247 cm³/mol. The zero-order chi connectivity index (χ0) is 45.5. The first-order valence-electron chi connectivity index (χ1n) is 24.2. The minimum Gasteiger partial charge on any atom is -0.462 e. The topological polar surface area (TPSA) is 186 Å². The van der Waals surface area contributed by atoms with Gasteiger partial charge >= 0.3 is 11.9 Å². The van der Waals surface area contributed by atoms with Gasteiger partial charge in [0.1, 0.15) is 36.8 Å². The lowest BCUT2D eigenvalue weighted by Gasteiger charge is -2.40. The average molecular weight is 899 g/mol. The second-order valence-corrected chi connectivity index (χ2v) is 18.3. The molecule has 6 atom stereocenters. The fourth-order valence-corrected chi connectivity index (χ4v) is 7.78. The maximum absolute atomic E-state index is 12.8. The number of hydrogen-bond acceptors (Lipinski definition) is 11. The van der Waals surface area contributed by atoms with Gasteiger partial charge in [-0.1, -0.05) is 152 Å². The third-order valence-corrected chi connectivity index (χ3v) is 11.6. The van der Waals surface area contributed by atoms with Crippen LogP contribution in [0.4, 0.5) is 0 Å². The number of rotatable bonds is 40. The Kier molecular flexibility index (Phi) is 36.3. The standard InChI is InChI=1S/C49H86O12S/c1-3-5-7-9-11-13-15-17-19-20-21-22-24-25-27-29-31-33-35-37-44(50)58-39-42(40-59-49-48(54)47(53)46(52)43(61-49)41-62(55,56)57)60-45(51)38-36-34-32-30-28-26-23-18-16-14-12-10-8-6-4-2/h11,13,17-19,23,28,30,42-43,46-49,52-54H,3-10,12,14-16,20-22,24-27,29,31-41H2,1-2H3,(H,55,56,57)/b13-11+,19-17+,23-18+,30-28+/t42-,43-,46-,47?,48?,49+/m1/s1. The Morgan fingerprint density at radius 1 is 0.548 bits per heavy atom. The Morgan fingerprint density at radius 3 is 1.48 bits per heavy atom. The molecule has 1 aliphatic rings. The molecule has 1 aliphatic heterocycles. The van der Waals surface area contributed by atoms with Crippen LogP contribution in [0, 0.1) is 0 Å². The van der Waals surface area contributed by atoms with Crippen molar-refractivity contribution in [3.63, 3.8) is 0 Å². The van der Waals surface area contributed by atoms with Crippen LogP contribution in [0.2, 0.25) is 0 Å². The van der Waals surface area contributed by atoms with Crippen molar-refractivity contribution in [1.82, 2.24) is 0 Å². The van der Waals surface area contributed by atoms with Crippen LogP contribution in [0.15, 0.2) is 48.6 Å². The predicted octanol–water partition coefficient (Wildman–Crippen LogP) is 10.3. The molecule has 2 unspecified atom stereocenters. The van der Waals surface area contributed by atoms with Crippen LogP contribution in [0.1, 0.15) is 194 Å². The number of carbonyl (C=O) groups excluding carboxylic acids is 2. The molecule has 0 radical (unpaired) electrons. The molecule has 4 N–H and O–H groups in total. The molecule has 360 valence electrons. The molecule has 0 aromatic rings. The van der Waals surface area contributed by atoms with E-state index in [1.165, 1.54) is 96.3 Å². The lowest BCUT2D eigenvalue weighted by atomic mass is 10.00. The van der Waals surface area contributed by atoms with Crippen molar-refractivity contribution in [3.8, 4) is 0 Å². The summed E-state index contributed by atoms with van der Waals surface area (Å²) in [6.07, 6.45) is 37.2. The molecular formula is C49H86O12S. The number of aliphatic hydroxyl groups is 3. The number of hydrogen-bond donors (Lipinski definition) is 4. The maximum atomic E-state index is 12.8. The smallest absolute Gasteiger partial charge is 0.306 e. The third kappa shape index (κ3) is 33.2. The van der Waals surface area contributed by atoms with E-state index in [4.69, 9.17) is 18.9 Å². The van der Waals surface area contributed by atoms with E-state index < -0.39 is 71.2 Å². The van der Waals surface area contributed by atoms with Gasteiger partial charge in [-0.3, -0.25) is 14.1 Å². The summed E-state index contributed by atoms with van der Waals surface area (Å²) in [4.78, 5) is 25.4. The summed E-state index contributed by atoms with van der Waals surface area (Å²) < 4.78 is 54.1. The van der Waals surface area contributed by atoms with Gasteiger partial charge in [0.2, 0.25) is 0 Å². The summed E-state index contributed by atoms with van der Waals surface area (Å²) in [5, 5.41) is 30.9. The van der Waals surface area contributed by atoms with Crippen molar-refractivity contribution in [2.24, 2.45) is 0 Å². The molecule has 0 bridgehead atoms. The quantitative estimate of drug-likeness (QED) is 0.0198. The first kappa shape index (κ1) is 57.6. The molecule has 0 aliphatic carbocycles. The number of ether oxygens (including phenoxy) is 4. The van der Waals surface area contributed by atoms with Crippen LogP contribution in [-0.2, 0) is 38.7 Å². The molecule has 1 saturated heterocycles. The fourth-order valence-electron chi connectivity index (χ4n) is 7.09. The van der Waals surface area contributed by atoms with Crippen molar-refractivity contribution in [2.45, 2.75) is 230 Å². The van der Waals surface area contributed by atoms with Crippen LogP contribution in [0.5, 0.6) is 0 Å². The Hall–Kier alpha value is -2.39. The van der Waals surface area contributed by atoms with Crippen LogP contribution < -0.4 is 0 Å². The highest BCUT2D eigenvalue weighted by Crippen LogP contribution is 2.24. The molecule has 1 heterocycles. The van der Waals surface area contributed by atoms with Crippen LogP contribution in [0.25, 0.3) is 0 Å². The second-order valence-electron chi connectivity index (χ2n) is 16.8. The normalized spacial score (nSPS) is 20.3. The number of carbonyl (C=O) groups is 2. The van der Waals surface area contributed by atoms with Crippen molar-refractivity contribution in [1.29, 1.82) is 0 Å². The zero-order valence-corrected chi connectivity index (χ0v) is 39.3. The monoisotopic (exact) mass is 899 g/mol. The molecule has 0 aromatic heterocycles. The second kappa shape index (κ2) is 39.0. The van der Waals surface area contributed by atoms with E-state index in [0.29, 0.717) is 12.8 Å². The maximum Gasteiger partial charge on any atom is 0.306 e. The molecule has 62 heavy (non-hydrogen) atoms. The summed E-state index contributed by atoms with van der Waals surface area (Å²) in [7, 11) is -4.61. The molecule has 0 spiro atoms. The zero-order valence-electron chi connectivity index (χ0n) is 38.5. The molecule has 1 rings (SSSR count). The van der Waals surface area contributed by atoms with Gasteiger partial charge in [0.15, 0.2) is 12.4 Å². The molecule has 12 nitrogen and oxygen atoms in total. The summed E-state index contributed by atoms with van der Waals surface area (Å²) in [5.74, 6) is -2.03. The van der Waals surface area contributed by atoms with Gasteiger partial charge in [-0.2, -0.15) is 8.42 Å². The van der Waals surface area contributed by atoms with Crippen LogP contribution >= 0.6 is 0 Å². The van der Waals surface area contributed by atoms with E-state index in [9.17, 15) is 37.9 Å². The van der Waals surface area contributed by atoms with E-state index in [0.717, 1.165) is 57.8 Å². The van der Waals surface area contributed by atoms with E-state index in [1.54, 1.807) is 0 Å². The Balaban J connectivity index is 2.43. The minimum absolute atomic E-state index is 0.120. The van der Waals surface area contributed by atoms with Gasteiger partial charge in [-0.05, 0) is 77.0 Å². The third-order valence-electron chi connectivity index (χ3n) is 10.9. The van der Waals surface area contributed by atoms with Gasteiger partial charge in [-0.15, -0.1) is 0 Å². The van der Waals surface area contributed by atoms with E-state index in [-0.39, 0.29) is 19.4 Å². The highest BCUT2D eigenvalue weighted by atomic mass is 32.2. The van der Waals surface area contributed by atoms with Crippen molar-refractivity contribution in [2.75, 3.05) is 19.0 Å².